The van der Waals surface area contributed by atoms with Gasteiger partial charge in [0.1, 0.15) is 5.75 Å². The fourth-order valence-electron chi connectivity index (χ4n) is 1.65. The Morgan fingerprint density at radius 2 is 1.95 bits per heavy atom. The van der Waals surface area contributed by atoms with Crippen LogP contribution in [0, 0.1) is 0 Å². The predicted molar refractivity (Wildman–Crippen MR) is 78.9 cm³/mol. The number of ether oxygens (including phenoxy) is 1. The Morgan fingerprint density at radius 3 is 2.76 bits per heavy atom. The van der Waals surface area contributed by atoms with Crippen molar-refractivity contribution in [1.82, 2.24) is 15.2 Å². The lowest BCUT2D eigenvalue weighted by atomic mass is 10.3. The molecule has 0 saturated heterocycles. The summed E-state index contributed by atoms with van der Waals surface area (Å²) in [5.41, 5.74) is 1.11. The van der Waals surface area contributed by atoms with Crippen LogP contribution in [0.1, 0.15) is 11.5 Å². The minimum absolute atomic E-state index is 0.268. The molecular weight excluding hydrogens is 286 g/mol. The second-order valence-corrected chi connectivity index (χ2v) is 5.14. The molecule has 3 rings (SSSR count). The van der Waals surface area contributed by atoms with Gasteiger partial charge in [-0.15, -0.1) is 10.2 Å². The first-order chi connectivity index (χ1) is 10.4. The fraction of sp³-hybridized carbons (Fsp3) is 0.133. The van der Waals surface area contributed by atoms with E-state index in [1.54, 1.807) is 6.20 Å². The lowest BCUT2D eigenvalue weighted by Gasteiger charge is -2.01. The van der Waals surface area contributed by atoms with Gasteiger partial charge >= 0.3 is 0 Å². The van der Waals surface area contributed by atoms with Crippen LogP contribution in [0.15, 0.2) is 64.5 Å². The van der Waals surface area contributed by atoms with E-state index >= 15 is 0 Å². The standard InChI is InChI=1S/C15H13N3O2S/c1-2-6-13(7-3-1)19-10-14-17-18-15(20-14)21-11-12-5-4-8-16-9-12/h1-9H,10-11H2. The van der Waals surface area contributed by atoms with Crippen LogP contribution in [0.4, 0.5) is 0 Å². The van der Waals surface area contributed by atoms with Gasteiger partial charge in [-0.1, -0.05) is 36.0 Å². The second kappa shape index (κ2) is 6.90. The molecule has 0 saturated carbocycles. The van der Waals surface area contributed by atoms with E-state index in [0.29, 0.717) is 11.1 Å². The average Bonchev–Trinajstić information content (AvgIpc) is 3.01. The van der Waals surface area contributed by atoms with Gasteiger partial charge in [0.05, 0.1) is 0 Å². The maximum Gasteiger partial charge on any atom is 0.277 e. The molecule has 0 amide bonds. The smallest absolute Gasteiger partial charge is 0.277 e. The summed E-state index contributed by atoms with van der Waals surface area (Å²) >= 11 is 1.48. The zero-order valence-electron chi connectivity index (χ0n) is 11.2. The first-order valence-electron chi connectivity index (χ1n) is 6.42. The van der Waals surface area contributed by atoms with E-state index in [0.717, 1.165) is 17.1 Å². The molecular formula is C15H13N3O2S. The third-order valence-electron chi connectivity index (χ3n) is 2.64. The first-order valence-corrected chi connectivity index (χ1v) is 7.40. The number of para-hydroxylation sites is 1. The average molecular weight is 299 g/mol. The van der Waals surface area contributed by atoms with Crippen LogP contribution < -0.4 is 4.74 Å². The fourth-order valence-corrected chi connectivity index (χ4v) is 2.36. The number of benzene rings is 1. The molecule has 0 fully saturated rings. The van der Waals surface area contributed by atoms with E-state index in [4.69, 9.17) is 9.15 Å². The summed E-state index contributed by atoms with van der Waals surface area (Å²) in [5, 5.41) is 8.49. The van der Waals surface area contributed by atoms with Gasteiger partial charge in [-0.05, 0) is 23.8 Å². The molecule has 0 unspecified atom stereocenters. The maximum atomic E-state index is 5.55. The lowest BCUT2D eigenvalue weighted by molar-refractivity contribution is 0.252. The largest absolute Gasteiger partial charge is 0.484 e. The van der Waals surface area contributed by atoms with Gasteiger partial charge in [-0.2, -0.15) is 0 Å². The van der Waals surface area contributed by atoms with E-state index < -0.39 is 0 Å². The molecule has 5 nitrogen and oxygen atoms in total. The quantitative estimate of drug-likeness (QED) is 0.651. The van der Waals surface area contributed by atoms with Crippen molar-refractivity contribution in [3.8, 4) is 5.75 Å². The molecule has 2 heterocycles. The van der Waals surface area contributed by atoms with E-state index in [1.807, 2.05) is 48.7 Å². The van der Waals surface area contributed by atoms with E-state index in [9.17, 15) is 0 Å². The number of hydrogen-bond donors (Lipinski definition) is 0. The van der Waals surface area contributed by atoms with Crippen LogP contribution >= 0.6 is 11.8 Å². The van der Waals surface area contributed by atoms with Gasteiger partial charge < -0.3 is 9.15 Å². The Kier molecular flexibility index (Phi) is 4.48. The third kappa shape index (κ3) is 4.06. The minimum Gasteiger partial charge on any atom is -0.484 e. The Morgan fingerprint density at radius 1 is 1.05 bits per heavy atom. The maximum absolute atomic E-state index is 5.55. The molecule has 0 radical (unpaired) electrons. The molecule has 1 aromatic carbocycles. The topological polar surface area (TPSA) is 61.0 Å². The van der Waals surface area contributed by atoms with Crippen molar-refractivity contribution in [3.05, 3.63) is 66.3 Å². The SMILES string of the molecule is c1ccc(OCc2nnc(SCc3cccnc3)o2)cc1. The number of aromatic nitrogens is 3. The van der Waals surface area contributed by atoms with Gasteiger partial charge in [0, 0.05) is 18.1 Å². The molecule has 21 heavy (non-hydrogen) atoms. The summed E-state index contributed by atoms with van der Waals surface area (Å²) in [6, 6.07) is 13.4. The number of hydrogen-bond acceptors (Lipinski definition) is 6. The molecule has 0 aliphatic rings. The van der Waals surface area contributed by atoms with Crippen molar-refractivity contribution >= 4 is 11.8 Å². The van der Waals surface area contributed by atoms with E-state index in [-0.39, 0.29) is 6.61 Å². The Bertz CT molecular complexity index is 616. The molecule has 0 N–H and O–H groups in total. The third-order valence-corrected chi connectivity index (χ3v) is 3.53. The zero-order valence-corrected chi connectivity index (χ0v) is 12.0. The summed E-state index contributed by atoms with van der Waals surface area (Å²) < 4.78 is 11.1. The highest BCUT2D eigenvalue weighted by Crippen LogP contribution is 2.21. The Hall–Kier alpha value is -2.34. The summed E-state index contributed by atoms with van der Waals surface area (Å²) in [7, 11) is 0. The number of nitrogens with zero attached hydrogens (tertiary/aromatic N) is 3. The zero-order chi connectivity index (χ0) is 14.3. The summed E-state index contributed by atoms with van der Waals surface area (Å²) in [4.78, 5) is 4.07. The van der Waals surface area contributed by atoms with Crippen molar-refractivity contribution in [1.29, 1.82) is 0 Å². The highest BCUT2D eigenvalue weighted by atomic mass is 32.2. The van der Waals surface area contributed by atoms with Crippen LogP contribution in [-0.4, -0.2) is 15.2 Å². The summed E-state index contributed by atoms with van der Waals surface area (Å²) in [6.07, 6.45) is 3.57. The van der Waals surface area contributed by atoms with Crippen molar-refractivity contribution in [3.63, 3.8) is 0 Å². The highest BCUT2D eigenvalue weighted by Gasteiger charge is 2.07. The molecule has 3 aromatic rings. The van der Waals surface area contributed by atoms with E-state index in [1.165, 1.54) is 11.8 Å². The van der Waals surface area contributed by atoms with Gasteiger partial charge in [0.2, 0.25) is 0 Å². The molecule has 0 aliphatic heterocycles. The highest BCUT2D eigenvalue weighted by molar-refractivity contribution is 7.98. The van der Waals surface area contributed by atoms with Gasteiger partial charge in [-0.3, -0.25) is 4.98 Å². The molecule has 0 atom stereocenters. The van der Waals surface area contributed by atoms with Crippen LogP contribution in [0.2, 0.25) is 0 Å². The normalized spacial score (nSPS) is 10.5. The lowest BCUT2D eigenvalue weighted by Crippen LogP contribution is -1.95. The molecule has 0 aliphatic carbocycles. The number of pyridine rings is 1. The van der Waals surface area contributed by atoms with Crippen LogP contribution in [-0.2, 0) is 12.4 Å². The van der Waals surface area contributed by atoms with E-state index in [2.05, 4.69) is 15.2 Å². The summed E-state index contributed by atoms with van der Waals surface area (Å²) in [6.45, 7) is 0.268. The minimum atomic E-state index is 0.268. The molecule has 106 valence electrons. The Labute approximate surface area is 126 Å². The number of thioether (sulfide) groups is 1. The molecule has 6 heteroatoms. The van der Waals surface area contributed by atoms with Crippen molar-refractivity contribution in [2.75, 3.05) is 0 Å². The van der Waals surface area contributed by atoms with Crippen molar-refractivity contribution in [2.45, 2.75) is 17.6 Å². The molecule has 0 spiro atoms. The molecule has 0 bridgehead atoms. The first kappa shape index (κ1) is 13.6. The van der Waals surface area contributed by atoms with Crippen LogP contribution in [0.3, 0.4) is 0 Å². The van der Waals surface area contributed by atoms with Gasteiger partial charge in [0.25, 0.3) is 11.1 Å². The predicted octanol–water partition coefficient (Wildman–Crippen LogP) is 3.34. The van der Waals surface area contributed by atoms with Gasteiger partial charge in [0.15, 0.2) is 6.61 Å². The monoisotopic (exact) mass is 299 g/mol. The van der Waals surface area contributed by atoms with Crippen molar-refractivity contribution in [2.24, 2.45) is 0 Å². The van der Waals surface area contributed by atoms with Crippen LogP contribution in [0.25, 0.3) is 0 Å². The van der Waals surface area contributed by atoms with Crippen molar-refractivity contribution < 1.29 is 9.15 Å². The van der Waals surface area contributed by atoms with Gasteiger partial charge in [-0.25, -0.2) is 0 Å². The number of rotatable bonds is 6. The van der Waals surface area contributed by atoms with Crippen LogP contribution in [0.5, 0.6) is 5.75 Å². The Balaban J connectivity index is 1.52. The second-order valence-electron chi connectivity index (χ2n) is 4.21. The molecule has 2 aromatic heterocycles. The summed E-state index contributed by atoms with van der Waals surface area (Å²) in [5.74, 6) is 1.99.